The standard InChI is InChI=1S/C21H28N2O4/c1-25-19-6-5-17(12-20(19)26-2)13-21(24)22-14-16-7-9-23(10-8-16)15-18-4-3-11-27-18/h3-6,11-12,16H,7-10,13-15H2,1-2H3,(H,22,24). The molecule has 1 aromatic carbocycles. The van der Waals surface area contributed by atoms with Gasteiger partial charge < -0.3 is 19.2 Å². The molecule has 0 saturated carbocycles. The van der Waals surface area contributed by atoms with Crippen LogP contribution >= 0.6 is 0 Å². The van der Waals surface area contributed by atoms with Crippen LogP contribution in [0.2, 0.25) is 0 Å². The van der Waals surface area contributed by atoms with Gasteiger partial charge in [-0.25, -0.2) is 0 Å². The first kappa shape index (κ1) is 19.3. The second kappa shape index (κ2) is 9.46. The molecule has 1 aliphatic heterocycles. The fourth-order valence-corrected chi connectivity index (χ4v) is 3.47. The lowest BCUT2D eigenvalue weighted by Gasteiger charge is -2.31. The molecule has 6 heteroatoms. The third-order valence-electron chi connectivity index (χ3n) is 5.07. The number of hydrogen-bond acceptors (Lipinski definition) is 5. The van der Waals surface area contributed by atoms with Gasteiger partial charge in [0, 0.05) is 6.54 Å². The number of nitrogens with one attached hydrogen (secondary N) is 1. The fourth-order valence-electron chi connectivity index (χ4n) is 3.47. The molecule has 0 spiro atoms. The van der Waals surface area contributed by atoms with Crippen LogP contribution in [0, 0.1) is 5.92 Å². The Morgan fingerprint density at radius 1 is 1.19 bits per heavy atom. The number of benzene rings is 1. The summed E-state index contributed by atoms with van der Waals surface area (Å²) in [6.45, 7) is 3.68. The molecule has 2 heterocycles. The maximum Gasteiger partial charge on any atom is 0.224 e. The predicted molar refractivity (Wildman–Crippen MR) is 103 cm³/mol. The summed E-state index contributed by atoms with van der Waals surface area (Å²) in [5, 5.41) is 3.08. The van der Waals surface area contributed by atoms with Crippen molar-refractivity contribution in [2.45, 2.75) is 25.8 Å². The number of carbonyl (C=O) groups is 1. The summed E-state index contributed by atoms with van der Waals surface area (Å²) in [4.78, 5) is 14.7. The minimum atomic E-state index is 0.0419. The zero-order chi connectivity index (χ0) is 19.1. The van der Waals surface area contributed by atoms with Crippen molar-refractivity contribution in [3.05, 3.63) is 47.9 Å². The van der Waals surface area contributed by atoms with Gasteiger partial charge in [0.25, 0.3) is 0 Å². The molecule has 1 aliphatic rings. The third-order valence-corrected chi connectivity index (χ3v) is 5.07. The van der Waals surface area contributed by atoms with Crippen molar-refractivity contribution in [1.29, 1.82) is 0 Å². The Kier molecular flexibility index (Phi) is 6.76. The van der Waals surface area contributed by atoms with Crippen LogP contribution in [-0.4, -0.2) is 44.7 Å². The highest BCUT2D eigenvalue weighted by atomic mass is 16.5. The third kappa shape index (κ3) is 5.50. The van der Waals surface area contributed by atoms with Crippen molar-refractivity contribution in [2.75, 3.05) is 33.9 Å². The molecule has 0 radical (unpaired) electrons. The number of amides is 1. The second-order valence-corrected chi connectivity index (χ2v) is 6.97. The summed E-state index contributed by atoms with van der Waals surface area (Å²) < 4.78 is 15.9. The number of rotatable bonds is 8. The van der Waals surface area contributed by atoms with Gasteiger partial charge in [-0.1, -0.05) is 6.07 Å². The van der Waals surface area contributed by atoms with Crippen LogP contribution in [0.25, 0.3) is 0 Å². The maximum absolute atomic E-state index is 12.3. The highest BCUT2D eigenvalue weighted by molar-refractivity contribution is 5.78. The lowest BCUT2D eigenvalue weighted by atomic mass is 9.96. The molecule has 1 aromatic heterocycles. The number of ether oxygens (including phenoxy) is 2. The number of piperidine rings is 1. The number of carbonyl (C=O) groups excluding carboxylic acids is 1. The van der Waals surface area contributed by atoms with E-state index in [2.05, 4.69) is 10.2 Å². The van der Waals surface area contributed by atoms with E-state index < -0.39 is 0 Å². The monoisotopic (exact) mass is 372 g/mol. The zero-order valence-corrected chi connectivity index (χ0v) is 16.1. The molecule has 1 N–H and O–H groups in total. The molecule has 146 valence electrons. The number of methoxy groups -OCH3 is 2. The largest absolute Gasteiger partial charge is 0.493 e. The van der Waals surface area contributed by atoms with E-state index in [1.165, 1.54) is 0 Å². The number of furan rings is 1. The Labute approximate surface area is 160 Å². The Morgan fingerprint density at radius 3 is 2.63 bits per heavy atom. The van der Waals surface area contributed by atoms with Gasteiger partial charge >= 0.3 is 0 Å². The average Bonchev–Trinajstić information content (AvgIpc) is 3.20. The fraction of sp³-hybridized carbons (Fsp3) is 0.476. The molecule has 27 heavy (non-hydrogen) atoms. The Balaban J connectivity index is 1.39. The molecule has 3 rings (SSSR count). The molecule has 1 saturated heterocycles. The molecule has 1 fully saturated rings. The summed E-state index contributed by atoms with van der Waals surface area (Å²) in [6.07, 6.45) is 4.25. The van der Waals surface area contributed by atoms with E-state index >= 15 is 0 Å². The van der Waals surface area contributed by atoms with Gasteiger partial charge in [0.2, 0.25) is 5.91 Å². The summed E-state index contributed by atoms with van der Waals surface area (Å²) in [5.74, 6) is 2.90. The van der Waals surface area contributed by atoms with Gasteiger partial charge in [-0.3, -0.25) is 9.69 Å². The van der Waals surface area contributed by atoms with E-state index in [-0.39, 0.29) is 5.91 Å². The first-order valence-electron chi connectivity index (χ1n) is 9.40. The van der Waals surface area contributed by atoms with Gasteiger partial charge in [0.15, 0.2) is 11.5 Å². The van der Waals surface area contributed by atoms with Gasteiger partial charge in [-0.05, 0) is 61.7 Å². The average molecular weight is 372 g/mol. The van der Waals surface area contributed by atoms with E-state index in [0.29, 0.717) is 23.8 Å². The van der Waals surface area contributed by atoms with Crippen LogP contribution < -0.4 is 14.8 Å². The van der Waals surface area contributed by atoms with Crippen molar-refractivity contribution in [2.24, 2.45) is 5.92 Å². The van der Waals surface area contributed by atoms with Crippen LogP contribution in [0.5, 0.6) is 11.5 Å². The van der Waals surface area contributed by atoms with Crippen molar-refractivity contribution >= 4 is 5.91 Å². The van der Waals surface area contributed by atoms with Crippen molar-refractivity contribution in [3.8, 4) is 11.5 Å². The Morgan fingerprint density at radius 2 is 1.96 bits per heavy atom. The topological polar surface area (TPSA) is 63.9 Å². The summed E-state index contributed by atoms with van der Waals surface area (Å²) in [6, 6.07) is 9.52. The minimum absolute atomic E-state index is 0.0419. The highest BCUT2D eigenvalue weighted by Crippen LogP contribution is 2.27. The van der Waals surface area contributed by atoms with E-state index in [9.17, 15) is 4.79 Å². The summed E-state index contributed by atoms with van der Waals surface area (Å²) >= 11 is 0. The number of hydrogen-bond donors (Lipinski definition) is 1. The van der Waals surface area contributed by atoms with Crippen LogP contribution in [0.15, 0.2) is 41.0 Å². The van der Waals surface area contributed by atoms with E-state index in [0.717, 1.165) is 50.3 Å². The SMILES string of the molecule is COc1ccc(CC(=O)NCC2CCN(Cc3ccco3)CC2)cc1OC. The molecule has 0 aliphatic carbocycles. The first-order chi connectivity index (χ1) is 13.2. The normalized spacial score (nSPS) is 15.5. The molecule has 1 amide bonds. The van der Waals surface area contributed by atoms with Gasteiger partial charge in [-0.2, -0.15) is 0 Å². The molecule has 0 bridgehead atoms. The van der Waals surface area contributed by atoms with E-state index in [1.54, 1.807) is 20.5 Å². The molecular weight excluding hydrogens is 344 g/mol. The van der Waals surface area contributed by atoms with Gasteiger partial charge in [0.1, 0.15) is 5.76 Å². The number of nitrogens with zero attached hydrogens (tertiary/aromatic N) is 1. The summed E-state index contributed by atoms with van der Waals surface area (Å²) in [7, 11) is 3.20. The molecule has 0 unspecified atom stereocenters. The van der Waals surface area contributed by atoms with Crippen LogP contribution in [-0.2, 0) is 17.8 Å². The van der Waals surface area contributed by atoms with Crippen LogP contribution in [0.4, 0.5) is 0 Å². The Bertz CT molecular complexity index is 722. The van der Waals surface area contributed by atoms with E-state index in [1.807, 2.05) is 30.3 Å². The zero-order valence-electron chi connectivity index (χ0n) is 16.1. The highest BCUT2D eigenvalue weighted by Gasteiger charge is 2.20. The second-order valence-electron chi connectivity index (χ2n) is 6.97. The Hall–Kier alpha value is -2.47. The van der Waals surface area contributed by atoms with Crippen molar-refractivity contribution in [3.63, 3.8) is 0 Å². The predicted octanol–water partition coefficient (Wildman–Crippen LogP) is 2.87. The van der Waals surface area contributed by atoms with Crippen LogP contribution in [0.1, 0.15) is 24.2 Å². The quantitative estimate of drug-likeness (QED) is 0.772. The first-order valence-corrected chi connectivity index (χ1v) is 9.40. The van der Waals surface area contributed by atoms with Crippen molar-refractivity contribution in [1.82, 2.24) is 10.2 Å². The maximum atomic E-state index is 12.3. The van der Waals surface area contributed by atoms with Gasteiger partial charge in [-0.15, -0.1) is 0 Å². The van der Waals surface area contributed by atoms with E-state index in [4.69, 9.17) is 13.9 Å². The number of likely N-dealkylation sites (tertiary alicyclic amines) is 1. The molecule has 0 atom stereocenters. The lowest BCUT2D eigenvalue weighted by molar-refractivity contribution is -0.120. The molecule has 2 aromatic rings. The van der Waals surface area contributed by atoms with Crippen LogP contribution in [0.3, 0.4) is 0 Å². The lowest BCUT2D eigenvalue weighted by Crippen LogP contribution is -2.38. The smallest absolute Gasteiger partial charge is 0.224 e. The van der Waals surface area contributed by atoms with Crippen molar-refractivity contribution < 1.29 is 18.7 Å². The molecule has 6 nitrogen and oxygen atoms in total. The molecular formula is C21H28N2O4. The summed E-state index contributed by atoms with van der Waals surface area (Å²) in [5.41, 5.74) is 0.915. The minimum Gasteiger partial charge on any atom is -0.493 e. The van der Waals surface area contributed by atoms with Gasteiger partial charge in [0.05, 0.1) is 33.4 Å².